The highest BCUT2D eigenvalue weighted by molar-refractivity contribution is 6.43. The van der Waals surface area contributed by atoms with E-state index in [4.69, 9.17) is 23.2 Å². The first-order chi connectivity index (χ1) is 9.08. The van der Waals surface area contributed by atoms with E-state index in [9.17, 15) is 4.79 Å². The Morgan fingerprint density at radius 2 is 2.00 bits per heavy atom. The Morgan fingerprint density at radius 3 is 2.68 bits per heavy atom. The van der Waals surface area contributed by atoms with Crippen LogP contribution in [0.1, 0.15) is 36.5 Å². The third-order valence-corrected chi connectivity index (χ3v) is 4.60. The van der Waals surface area contributed by atoms with E-state index in [1.54, 1.807) is 18.2 Å². The maximum Gasteiger partial charge on any atom is 0.165 e. The molecule has 1 heterocycles. The molecule has 0 aliphatic carbocycles. The van der Waals surface area contributed by atoms with Crippen LogP contribution in [0.15, 0.2) is 18.2 Å². The topological polar surface area (TPSA) is 20.3 Å². The highest BCUT2D eigenvalue weighted by atomic mass is 35.5. The van der Waals surface area contributed by atoms with Gasteiger partial charge in [-0.25, -0.2) is 0 Å². The van der Waals surface area contributed by atoms with Gasteiger partial charge in [0.2, 0.25) is 0 Å². The molecule has 0 unspecified atom stereocenters. The molecule has 0 radical (unpaired) electrons. The first-order valence-electron chi connectivity index (χ1n) is 6.77. The van der Waals surface area contributed by atoms with Crippen molar-refractivity contribution < 1.29 is 4.79 Å². The van der Waals surface area contributed by atoms with Crippen LogP contribution in [0.5, 0.6) is 0 Å². The van der Waals surface area contributed by atoms with Crippen molar-refractivity contribution in [3.05, 3.63) is 33.8 Å². The van der Waals surface area contributed by atoms with E-state index in [1.165, 1.54) is 12.8 Å². The third-order valence-electron chi connectivity index (χ3n) is 3.78. The fraction of sp³-hybridized carbons (Fsp3) is 0.533. The molecule has 1 fully saturated rings. The van der Waals surface area contributed by atoms with Crippen LogP contribution in [0.2, 0.25) is 10.0 Å². The second kappa shape index (κ2) is 6.74. The molecular formula is C15H19Cl2NO. The number of benzene rings is 1. The van der Waals surface area contributed by atoms with E-state index >= 15 is 0 Å². The molecule has 0 saturated carbocycles. The van der Waals surface area contributed by atoms with Gasteiger partial charge < -0.3 is 4.90 Å². The Balaban J connectivity index is 1.89. The van der Waals surface area contributed by atoms with Gasteiger partial charge in [0.1, 0.15) is 0 Å². The predicted molar refractivity (Wildman–Crippen MR) is 80.2 cm³/mol. The average Bonchev–Trinajstić information content (AvgIpc) is 2.41. The van der Waals surface area contributed by atoms with Gasteiger partial charge in [-0.2, -0.15) is 0 Å². The van der Waals surface area contributed by atoms with E-state index in [1.807, 2.05) is 0 Å². The number of carbonyl (C=O) groups is 1. The van der Waals surface area contributed by atoms with Crippen molar-refractivity contribution in [2.75, 3.05) is 19.6 Å². The standard InChI is InChI=1S/C15H19Cl2NO/c1-11-5-8-18(9-6-11)10-7-14(19)12-3-2-4-13(16)15(12)17/h2-4,11H,5-10H2,1H3. The van der Waals surface area contributed by atoms with E-state index in [-0.39, 0.29) is 5.78 Å². The van der Waals surface area contributed by atoms with Gasteiger partial charge in [-0.15, -0.1) is 0 Å². The lowest BCUT2D eigenvalue weighted by atomic mass is 9.99. The Bertz CT molecular complexity index is 453. The number of nitrogens with zero attached hydrogens (tertiary/aromatic N) is 1. The van der Waals surface area contributed by atoms with Crippen LogP contribution in [0.25, 0.3) is 0 Å². The second-order valence-electron chi connectivity index (χ2n) is 5.30. The Hall–Kier alpha value is -0.570. The maximum atomic E-state index is 12.2. The third kappa shape index (κ3) is 3.95. The molecule has 0 spiro atoms. The highest BCUT2D eigenvalue weighted by Crippen LogP contribution is 2.26. The summed E-state index contributed by atoms with van der Waals surface area (Å²) >= 11 is 12.0. The number of ketones is 1. The quantitative estimate of drug-likeness (QED) is 0.773. The summed E-state index contributed by atoms with van der Waals surface area (Å²) in [5, 5.41) is 0.820. The van der Waals surface area contributed by atoms with E-state index < -0.39 is 0 Å². The number of hydrogen-bond donors (Lipinski definition) is 0. The molecular weight excluding hydrogens is 281 g/mol. The van der Waals surface area contributed by atoms with E-state index in [0.717, 1.165) is 25.6 Å². The molecule has 2 nitrogen and oxygen atoms in total. The molecule has 104 valence electrons. The van der Waals surface area contributed by atoms with Crippen molar-refractivity contribution >= 4 is 29.0 Å². The molecule has 1 aromatic rings. The summed E-state index contributed by atoms with van der Waals surface area (Å²) in [6.45, 7) is 5.29. The number of carbonyl (C=O) groups excluding carboxylic acids is 1. The molecule has 0 aromatic heterocycles. The fourth-order valence-corrected chi connectivity index (χ4v) is 2.81. The van der Waals surface area contributed by atoms with Crippen molar-refractivity contribution in [2.24, 2.45) is 5.92 Å². The molecule has 1 aliphatic heterocycles. The first-order valence-corrected chi connectivity index (χ1v) is 7.53. The lowest BCUT2D eigenvalue weighted by molar-refractivity contribution is 0.0953. The van der Waals surface area contributed by atoms with Gasteiger partial charge in [-0.05, 0) is 44.0 Å². The van der Waals surface area contributed by atoms with Gasteiger partial charge in [0, 0.05) is 18.5 Å². The van der Waals surface area contributed by atoms with Crippen molar-refractivity contribution in [2.45, 2.75) is 26.2 Å². The van der Waals surface area contributed by atoms with Crippen molar-refractivity contribution in [3.63, 3.8) is 0 Å². The predicted octanol–water partition coefficient (Wildman–Crippen LogP) is 4.30. The van der Waals surface area contributed by atoms with Crippen LogP contribution in [0.3, 0.4) is 0 Å². The molecule has 0 atom stereocenters. The summed E-state index contributed by atoms with van der Waals surface area (Å²) in [7, 11) is 0. The number of hydrogen-bond acceptors (Lipinski definition) is 2. The number of likely N-dealkylation sites (tertiary alicyclic amines) is 1. The van der Waals surface area contributed by atoms with Gasteiger partial charge in [0.15, 0.2) is 5.78 Å². The van der Waals surface area contributed by atoms with Gasteiger partial charge in [0.05, 0.1) is 10.0 Å². The number of Topliss-reactive ketones (excluding diaryl/α,β-unsaturated/α-hetero) is 1. The zero-order valence-electron chi connectivity index (χ0n) is 11.2. The Kier molecular flexibility index (Phi) is 5.26. The van der Waals surface area contributed by atoms with Crippen LogP contribution in [0.4, 0.5) is 0 Å². The Labute approximate surface area is 124 Å². The Morgan fingerprint density at radius 1 is 1.32 bits per heavy atom. The monoisotopic (exact) mass is 299 g/mol. The van der Waals surface area contributed by atoms with Crippen LogP contribution >= 0.6 is 23.2 Å². The number of piperidine rings is 1. The molecule has 19 heavy (non-hydrogen) atoms. The van der Waals surface area contributed by atoms with Crippen molar-refractivity contribution in [3.8, 4) is 0 Å². The fourth-order valence-electron chi connectivity index (χ4n) is 2.40. The normalized spacial score (nSPS) is 17.6. The molecule has 0 bridgehead atoms. The molecule has 1 aliphatic rings. The summed E-state index contributed by atoms with van der Waals surface area (Å²) in [4.78, 5) is 14.5. The summed E-state index contributed by atoms with van der Waals surface area (Å²) in [6, 6.07) is 5.21. The van der Waals surface area contributed by atoms with E-state index in [0.29, 0.717) is 22.0 Å². The average molecular weight is 300 g/mol. The molecule has 0 amide bonds. The summed E-state index contributed by atoms with van der Waals surface area (Å²) in [5.41, 5.74) is 0.541. The van der Waals surface area contributed by atoms with Gasteiger partial charge in [0.25, 0.3) is 0 Å². The van der Waals surface area contributed by atoms with E-state index in [2.05, 4.69) is 11.8 Å². The lowest BCUT2D eigenvalue weighted by Crippen LogP contribution is -2.34. The number of rotatable bonds is 4. The van der Waals surface area contributed by atoms with Crippen LogP contribution < -0.4 is 0 Å². The smallest absolute Gasteiger partial charge is 0.165 e. The van der Waals surface area contributed by atoms with Crippen LogP contribution in [-0.4, -0.2) is 30.3 Å². The van der Waals surface area contributed by atoms with Crippen LogP contribution in [0, 0.1) is 5.92 Å². The van der Waals surface area contributed by atoms with Gasteiger partial charge in [-0.3, -0.25) is 4.79 Å². The van der Waals surface area contributed by atoms with Crippen molar-refractivity contribution in [1.29, 1.82) is 0 Å². The molecule has 2 rings (SSSR count). The maximum absolute atomic E-state index is 12.2. The minimum absolute atomic E-state index is 0.0751. The zero-order chi connectivity index (χ0) is 13.8. The molecule has 0 N–H and O–H groups in total. The largest absolute Gasteiger partial charge is 0.303 e. The number of halogens is 2. The minimum Gasteiger partial charge on any atom is -0.303 e. The second-order valence-corrected chi connectivity index (χ2v) is 6.08. The minimum atomic E-state index is 0.0751. The zero-order valence-corrected chi connectivity index (χ0v) is 12.7. The summed E-state index contributed by atoms with van der Waals surface area (Å²) < 4.78 is 0. The SMILES string of the molecule is CC1CCN(CCC(=O)c2cccc(Cl)c2Cl)CC1. The van der Waals surface area contributed by atoms with Crippen molar-refractivity contribution in [1.82, 2.24) is 4.90 Å². The summed E-state index contributed by atoms with van der Waals surface area (Å²) in [5.74, 6) is 0.889. The first kappa shape index (κ1) is 14.8. The van der Waals surface area contributed by atoms with Gasteiger partial charge in [-0.1, -0.05) is 36.2 Å². The molecule has 1 saturated heterocycles. The molecule has 4 heteroatoms. The lowest BCUT2D eigenvalue weighted by Gasteiger charge is -2.29. The van der Waals surface area contributed by atoms with Gasteiger partial charge >= 0.3 is 0 Å². The molecule has 1 aromatic carbocycles. The van der Waals surface area contributed by atoms with Crippen LogP contribution in [-0.2, 0) is 0 Å². The summed E-state index contributed by atoms with van der Waals surface area (Å²) in [6.07, 6.45) is 2.96. The highest BCUT2D eigenvalue weighted by Gasteiger charge is 2.18.